The predicted octanol–water partition coefficient (Wildman–Crippen LogP) is 3.20. The molecule has 5 heteroatoms. The fraction of sp³-hybridized carbons (Fsp3) is 0.577. The number of benzene rings is 1. The molecule has 0 bridgehead atoms. The van der Waals surface area contributed by atoms with Gasteiger partial charge in [0.2, 0.25) is 0 Å². The number of fused-ring (bicyclic) bond motifs is 2. The summed E-state index contributed by atoms with van der Waals surface area (Å²) >= 11 is 0. The second kappa shape index (κ2) is 8.89. The predicted molar refractivity (Wildman–Crippen MR) is 128 cm³/mol. The summed E-state index contributed by atoms with van der Waals surface area (Å²) in [4.78, 5) is 15.0. The van der Waals surface area contributed by atoms with Crippen molar-refractivity contribution in [2.45, 2.75) is 44.3 Å². The van der Waals surface area contributed by atoms with Crippen LogP contribution >= 0.6 is 0 Å². The van der Waals surface area contributed by atoms with Gasteiger partial charge in [-0.05, 0) is 75.6 Å². The van der Waals surface area contributed by atoms with Gasteiger partial charge in [0.25, 0.3) is 0 Å². The van der Waals surface area contributed by atoms with Gasteiger partial charge in [-0.1, -0.05) is 18.2 Å². The Labute approximate surface area is 187 Å². The number of hydrogen-bond donors (Lipinski definition) is 0. The summed E-state index contributed by atoms with van der Waals surface area (Å²) in [6.45, 7) is 6.73. The molecule has 0 amide bonds. The van der Waals surface area contributed by atoms with Crippen molar-refractivity contribution >= 4 is 5.69 Å². The van der Waals surface area contributed by atoms with Crippen LogP contribution in [0.15, 0.2) is 36.5 Å². The Kier molecular flexibility index (Phi) is 6.00. The van der Waals surface area contributed by atoms with Crippen LogP contribution in [-0.2, 0) is 19.4 Å². The van der Waals surface area contributed by atoms with E-state index in [-0.39, 0.29) is 0 Å². The minimum Gasteiger partial charge on any atom is -0.369 e. The molecular formula is C26H37N5. The third kappa shape index (κ3) is 4.23. The van der Waals surface area contributed by atoms with Crippen LogP contribution in [0.5, 0.6) is 0 Å². The normalized spacial score (nSPS) is 24.8. The number of hydrogen-bond acceptors (Lipinski definition) is 5. The maximum Gasteiger partial charge on any atom is 0.0607 e. The number of likely N-dealkylation sites (N-methyl/N-ethyl adjacent to an activating group) is 3. The van der Waals surface area contributed by atoms with E-state index in [1.54, 1.807) is 5.56 Å². The van der Waals surface area contributed by atoms with E-state index in [4.69, 9.17) is 4.98 Å². The zero-order valence-electron chi connectivity index (χ0n) is 19.4. The lowest BCUT2D eigenvalue weighted by Crippen LogP contribution is -2.48. The monoisotopic (exact) mass is 419 g/mol. The van der Waals surface area contributed by atoms with Gasteiger partial charge in [0.05, 0.1) is 11.7 Å². The Balaban J connectivity index is 1.34. The van der Waals surface area contributed by atoms with Crippen LogP contribution in [-0.4, -0.2) is 79.6 Å². The largest absolute Gasteiger partial charge is 0.369 e. The van der Waals surface area contributed by atoms with Crippen LogP contribution < -0.4 is 4.90 Å². The number of aryl methyl sites for hydroxylation is 1. The van der Waals surface area contributed by atoms with Crippen LogP contribution in [0.4, 0.5) is 5.69 Å². The van der Waals surface area contributed by atoms with Crippen LogP contribution in [0, 0.1) is 0 Å². The van der Waals surface area contributed by atoms with Crippen LogP contribution in [0.1, 0.15) is 41.3 Å². The third-order valence-corrected chi connectivity index (χ3v) is 7.77. The summed E-state index contributed by atoms with van der Waals surface area (Å²) in [5.74, 6) is 0. The van der Waals surface area contributed by atoms with Crippen molar-refractivity contribution in [3.63, 3.8) is 0 Å². The standard InChI is InChI=1S/C26H37N5/c1-28-13-15-31(16-14-28)24-10-5-8-21-18-29(2)22(17-23(21)24)19-30(3)25-11-4-7-20-9-6-12-27-26(20)25/h5-6,8-10,12,22,25H,4,7,11,13-19H2,1-3H3/t22-,25+/m1/s1. The maximum atomic E-state index is 4.79. The number of aromatic nitrogens is 1. The summed E-state index contributed by atoms with van der Waals surface area (Å²) in [6, 6.07) is 12.3. The van der Waals surface area contributed by atoms with Gasteiger partial charge in [0.15, 0.2) is 0 Å². The average Bonchev–Trinajstić information content (AvgIpc) is 2.79. The Hall–Kier alpha value is -1.95. The van der Waals surface area contributed by atoms with E-state index in [0.717, 1.165) is 45.7 Å². The Morgan fingerprint density at radius 2 is 1.84 bits per heavy atom. The van der Waals surface area contributed by atoms with Gasteiger partial charge in [-0.25, -0.2) is 0 Å². The second-order valence-corrected chi connectivity index (χ2v) is 9.87. The van der Waals surface area contributed by atoms with Gasteiger partial charge in [0.1, 0.15) is 0 Å². The molecule has 0 unspecified atom stereocenters. The first-order valence-electron chi connectivity index (χ1n) is 12.0. The van der Waals surface area contributed by atoms with E-state index in [2.05, 4.69) is 71.1 Å². The molecule has 1 aromatic heterocycles. The Morgan fingerprint density at radius 3 is 2.68 bits per heavy atom. The molecule has 0 radical (unpaired) electrons. The number of rotatable bonds is 4. The average molecular weight is 420 g/mol. The van der Waals surface area contributed by atoms with Gasteiger partial charge >= 0.3 is 0 Å². The molecule has 2 atom stereocenters. The van der Waals surface area contributed by atoms with Crippen molar-refractivity contribution in [3.8, 4) is 0 Å². The smallest absolute Gasteiger partial charge is 0.0607 e. The third-order valence-electron chi connectivity index (χ3n) is 7.77. The second-order valence-electron chi connectivity index (χ2n) is 9.87. The topological polar surface area (TPSA) is 25.9 Å². The Bertz CT molecular complexity index is 904. The van der Waals surface area contributed by atoms with Crippen LogP contribution in [0.2, 0.25) is 0 Å². The Morgan fingerprint density at radius 1 is 1.03 bits per heavy atom. The maximum absolute atomic E-state index is 4.79. The van der Waals surface area contributed by atoms with Gasteiger partial charge in [-0.3, -0.25) is 14.8 Å². The lowest BCUT2D eigenvalue weighted by Gasteiger charge is -2.42. The van der Waals surface area contributed by atoms with E-state index in [9.17, 15) is 0 Å². The molecule has 0 N–H and O–H groups in total. The van der Waals surface area contributed by atoms with Crippen molar-refractivity contribution < 1.29 is 0 Å². The van der Waals surface area contributed by atoms with Gasteiger partial charge < -0.3 is 9.80 Å². The molecule has 1 aliphatic carbocycles. The van der Waals surface area contributed by atoms with E-state index in [1.807, 2.05) is 6.20 Å². The highest BCUT2D eigenvalue weighted by atomic mass is 15.3. The lowest BCUT2D eigenvalue weighted by molar-refractivity contribution is 0.126. The van der Waals surface area contributed by atoms with E-state index < -0.39 is 0 Å². The molecule has 1 fully saturated rings. The van der Waals surface area contributed by atoms with Gasteiger partial charge in [-0.15, -0.1) is 0 Å². The molecular weight excluding hydrogens is 382 g/mol. The van der Waals surface area contributed by atoms with Crippen molar-refractivity contribution in [1.82, 2.24) is 19.7 Å². The quantitative estimate of drug-likeness (QED) is 0.758. The minimum absolute atomic E-state index is 0.452. The number of nitrogens with zero attached hydrogens (tertiary/aromatic N) is 5. The molecule has 3 aliphatic rings. The molecule has 1 saturated heterocycles. The first kappa shape index (κ1) is 20.9. The van der Waals surface area contributed by atoms with E-state index in [1.165, 1.54) is 41.8 Å². The molecule has 3 heterocycles. The SMILES string of the molecule is CN1CCN(c2cccc3c2C[C@H](CN(C)[C@H]2CCCc4cccnc42)N(C)C3)CC1. The zero-order valence-corrected chi connectivity index (χ0v) is 19.4. The molecule has 166 valence electrons. The minimum atomic E-state index is 0.452. The van der Waals surface area contributed by atoms with E-state index in [0.29, 0.717) is 12.1 Å². The summed E-state index contributed by atoms with van der Waals surface area (Å²) in [7, 11) is 6.85. The zero-order chi connectivity index (χ0) is 21.4. The molecule has 5 rings (SSSR count). The molecule has 2 aromatic rings. The van der Waals surface area contributed by atoms with Crippen LogP contribution in [0.25, 0.3) is 0 Å². The number of anilines is 1. The molecule has 0 saturated carbocycles. The molecule has 31 heavy (non-hydrogen) atoms. The summed E-state index contributed by atoms with van der Waals surface area (Å²) in [5, 5.41) is 0. The van der Waals surface area contributed by atoms with E-state index >= 15 is 0 Å². The highest BCUT2D eigenvalue weighted by Gasteiger charge is 2.31. The summed E-state index contributed by atoms with van der Waals surface area (Å²) < 4.78 is 0. The molecule has 5 nitrogen and oxygen atoms in total. The summed E-state index contributed by atoms with van der Waals surface area (Å²) in [5.41, 5.74) is 7.35. The fourth-order valence-corrected chi connectivity index (χ4v) is 5.82. The summed E-state index contributed by atoms with van der Waals surface area (Å²) in [6.07, 6.45) is 6.78. The molecule has 2 aliphatic heterocycles. The first-order valence-corrected chi connectivity index (χ1v) is 12.0. The lowest BCUT2D eigenvalue weighted by atomic mass is 9.89. The number of piperazine rings is 1. The fourth-order valence-electron chi connectivity index (χ4n) is 5.82. The molecule has 0 spiro atoms. The van der Waals surface area contributed by atoms with Gasteiger partial charge in [-0.2, -0.15) is 0 Å². The number of pyridine rings is 1. The first-order chi connectivity index (χ1) is 15.1. The van der Waals surface area contributed by atoms with Gasteiger partial charge in [0, 0.05) is 57.2 Å². The highest BCUT2D eigenvalue weighted by molar-refractivity contribution is 5.58. The highest BCUT2D eigenvalue weighted by Crippen LogP contribution is 2.35. The van der Waals surface area contributed by atoms with Crippen molar-refractivity contribution in [2.24, 2.45) is 0 Å². The van der Waals surface area contributed by atoms with Crippen molar-refractivity contribution in [3.05, 3.63) is 58.9 Å². The van der Waals surface area contributed by atoms with Crippen LogP contribution in [0.3, 0.4) is 0 Å². The van der Waals surface area contributed by atoms with Crippen molar-refractivity contribution in [1.29, 1.82) is 0 Å². The van der Waals surface area contributed by atoms with Crippen molar-refractivity contribution in [2.75, 3.05) is 58.8 Å². The molecule has 1 aromatic carbocycles.